The van der Waals surface area contributed by atoms with Gasteiger partial charge in [0.15, 0.2) is 5.60 Å². The lowest BCUT2D eigenvalue weighted by molar-refractivity contribution is -0.128. The predicted octanol–water partition coefficient (Wildman–Crippen LogP) is 5.06. The molecule has 3 rings (SSSR count). The Morgan fingerprint density at radius 1 is 1.03 bits per heavy atom. The van der Waals surface area contributed by atoms with E-state index in [1.807, 2.05) is 29.6 Å². The van der Waals surface area contributed by atoms with E-state index in [1.54, 1.807) is 61.6 Å². The highest BCUT2D eigenvalue weighted by Gasteiger charge is 2.30. The molecule has 0 aliphatic heterocycles. The molecule has 0 saturated carbocycles. The van der Waals surface area contributed by atoms with E-state index in [-0.39, 0.29) is 18.2 Å². The van der Waals surface area contributed by atoms with Crippen LogP contribution >= 0.6 is 22.9 Å². The summed E-state index contributed by atoms with van der Waals surface area (Å²) in [6.07, 6.45) is 0.283. The lowest BCUT2D eigenvalue weighted by Gasteiger charge is -2.25. The average Bonchev–Trinajstić information content (AvgIpc) is 3.23. The van der Waals surface area contributed by atoms with Crippen molar-refractivity contribution >= 4 is 40.4 Å². The van der Waals surface area contributed by atoms with Crippen molar-refractivity contribution in [2.24, 2.45) is 0 Å². The van der Waals surface area contributed by atoms with Crippen LogP contribution in [-0.2, 0) is 22.6 Å². The van der Waals surface area contributed by atoms with Crippen molar-refractivity contribution in [3.63, 3.8) is 0 Å². The molecule has 30 heavy (non-hydrogen) atoms. The Labute approximate surface area is 185 Å². The number of carbonyl (C=O) groups is 2. The quantitative estimate of drug-likeness (QED) is 0.512. The molecule has 1 heterocycles. The van der Waals surface area contributed by atoms with E-state index in [1.165, 1.54) is 0 Å². The summed E-state index contributed by atoms with van der Waals surface area (Å²) in [5.74, 6) is 0.236. The Hall–Kier alpha value is -2.83. The highest BCUT2D eigenvalue weighted by Crippen LogP contribution is 2.22. The molecule has 7 heteroatoms. The van der Waals surface area contributed by atoms with Gasteiger partial charge in [0.25, 0.3) is 5.91 Å². The van der Waals surface area contributed by atoms with Crippen LogP contribution in [0.15, 0.2) is 66.0 Å². The molecule has 1 aromatic heterocycles. The van der Waals surface area contributed by atoms with E-state index in [0.29, 0.717) is 23.0 Å². The number of halogens is 1. The van der Waals surface area contributed by atoms with E-state index < -0.39 is 5.60 Å². The molecule has 0 aliphatic carbocycles. The number of thiophene rings is 1. The van der Waals surface area contributed by atoms with Crippen LogP contribution in [-0.4, -0.2) is 17.4 Å². The van der Waals surface area contributed by atoms with Crippen molar-refractivity contribution in [2.45, 2.75) is 32.4 Å². The van der Waals surface area contributed by atoms with E-state index >= 15 is 0 Å². The van der Waals surface area contributed by atoms with Gasteiger partial charge in [0, 0.05) is 15.6 Å². The van der Waals surface area contributed by atoms with Crippen LogP contribution in [0.4, 0.5) is 5.69 Å². The van der Waals surface area contributed by atoms with Crippen LogP contribution < -0.4 is 15.4 Å². The highest BCUT2D eigenvalue weighted by molar-refractivity contribution is 7.09. The van der Waals surface area contributed by atoms with E-state index in [0.717, 1.165) is 10.4 Å². The fourth-order valence-corrected chi connectivity index (χ4v) is 3.45. The molecule has 0 saturated heterocycles. The maximum absolute atomic E-state index is 12.6. The number of rotatable bonds is 8. The molecule has 2 amide bonds. The second kappa shape index (κ2) is 9.78. The van der Waals surface area contributed by atoms with Gasteiger partial charge in [0.05, 0.1) is 13.0 Å². The van der Waals surface area contributed by atoms with Crippen LogP contribution in [0, 0.1) is 0 Å². The number of benzene rings is 2. The zero-order valence-corrected chi connectivity index (χ0v) is 18.3. The number of anilines is 1. The Bertz CT molecular complexity index is 984. The molecule has 0 atom stereocenters. The molecule has 0 spiro atoms. The van der Waals surface area contributed by atoms with Crippen molar-refractivity contribution in [1.29, 1.82) is 0 Å². The summed E-state index contributed by atoms with van der Waals surface area (Å²) in [4.78, 5) is 25.9. The van der Waals surface area contributed by atoms with Crippen LogP contribution in [0.5, 0.6) is 5.75 Å². The predicted molar refractivity (Wildman–Crippen MR) is 121 cm³/mol. The minimum absolute atomic E-state index is 0.0438. The highest BCUT2D eigenvalue weighted by atomic mass is 35.5. The lowest BCUT2D eigenvalue weighted by atomic mass is 10.1. The van der Waals surface area contributed by atoms with Gasteiger partial charge in [-0.3, -0.25) is 9.59 Å². The fourth-order valence-electron chi connectivity index (χ4n) is 2.68. The Balaban J connectivity index is 1.51. The first-order valence-electron chi connectivity index (χ1n) is 9.46. The first kappa shape index (κ1) is 21.9. The fraction of sp³-hybridized carbons (Fsp3) is 0.217. The Morgan fingerprint density at radius 2 is 1.73 bits per heavy atom. The summed E-state index contributed by atoms with van der Waals surface area (Å²) in [5, 5.41) is 8.34. The average molecular weight is 443 g/mol. The van der Waals surface area contributed by atoms with Crippen LogP contribution in [0.25, 0.3) is 0 Å². The number of amides is 2. The summed E-state index contributed by atoms with van der Waals surface area (Å²) < 4.78 is 5.80. The van der Waals surface area contributed by atoms with Crippen molar-refractivity contribution < 1.29 is 14.3 Å². The smallest absolute Gasteiger partial charge is 0.267 e. The zero-order chi connectivity index (χ0) is 21.6. The molecule has 156 valence electrons. The van der Waals surface area contributed by atoms with E-state index in [4.69, 9.17) is 16.3 Å². The van der Waals surface area contributed by atoms with E-state index in [9.17, 15) is 9.59 Å². The van der Waals surface area contributed by atoms with Gasteiger partial charge in [-0.25, -0.2) is 0 Å². The number of nitrogens with one attached hydrogen (secondary N) is 2. The van der Waals surface area contributed by atoms with Crippen LogP contribution in [0.3, 0.4) is 0 Å². The third-order valence-corrected chi connectivity index (χ3v) is 5.48. The lowest BCUT2D eigenvalue weighted by Crippen LogP contribution is -2.42. The molecule has 5 nitrogen and oxygen atoms in total. The number of hydrogen-bond donors (Lipinski definition) is 2. The molecule has 0 aliphatic rings. The minimum Gasteiger partial charge on any atom is -0.478 e. The third kappa shape index (κ3) is 6.34. The minimum atomic E-state index is -1.08. The van der Waals surface area contributed by atoms with E-state index in [2.05, 4.69) is 10.6 Å². The van der Waals surface area contributed by atoms with Gasteiger partial charge < -0.3 is 15.4 Å². The molecule has 0 bridgehead atoms. The molecule has 2 N–H and O–H groups in total. The molecule has 0 fully saturated rings. The molecular weight excluding hydrogens is 420 g/mol. The van der Waals surface area contributed by atoms with Gasteiger partial charge in [0.1, 0.15) is 5.75 Å². The van der Waals surface area contributed by atoms with Gasteiger partial charge >= 0.3 is 0 Å². The molecule has 3 aromatic rings. The maximum atomic E-state index is 12.6. The molecule has 2 aromatic carbocycles. The second-order valence-corrected chi connectivity index (χ2v) is 8.72. The van der Waals surface area contributed by atoms with Gasteiger partial charge in [-0.15, -0.1) is 11.3 Å². The topological polar surface area (TPSA) is 67.4 Å². The van der Waals surface area contributed by atoms with Gasteiger partial charge in [-0.05, 0) is 67.3 Å². The Morgan fingerprint density at radius 3 is 2.37 bits per heavy atom. The van der Waals surface area contributed by atoms with Crippen molar-refractivity contribution in [1.82, 2.24) is 5.32 Å². The summed E-state index contributed by atoms with van der Waals surface area (Å²) in [5.41, 5.74) is 0.428. The first-order chi connectivity index (χ1) is 14.3. The maximum Gasteiger partial charge on any atom is 0.267 e. The van der Waals surface area contributed by atoms with Crippen LogP contribution in [0.1, 0.15) is 24.3 Å². The third-order valence-electron chi connectivity index (χ3n) is 4.35. The largest absolute Gasteiger partial charge is 0.478 e. The van der Waals surface area contributed by atoms with Gasteiger partial charge in [-0.2, -0.15) is 0 Å². The first-order valence-corrected chi connectivity index (χ1v) is 10.7. The molecular formula is C23H23ClN2O3S. The monoisotopic (exact) mass is 442 g/mol. The van der Waals surface area contributed by atoms with Crippen molar-refractivity contribution in [3.05, 3.63) is 81.5 Å². The molecule has 0 radical (unpaired) electrons. The normalized spacial score (nSPS) is 11.0. The number of ether oxygens (including phenoxy) is 1. The second-order valence-electron chi connectivity index (χ2n) is 7.25. The van der Waals surface area contributed by atoms with Crippen molar-refractivity contribution in [3.8, 4) is 5.75 Å². The number of hydrogen-bond acceptors (Lipinski definition) is 4. The zero-order valence-electron chi connectivity index (χ0n) is 16.8. The van der Waals surface area contributed by atoms with Gasteiger partial charge in [0.2, 0.25) is 5.91 Å². The summed E-state index contributed by atoms with van der Waals surface area (Å²) in [6.45, 7) is 3.93. The number of carbonyl (C=O) groups excluding carboxylic acids is 2. The van der Waals surface area contributed by atoms with Crippen LogP contribution in [0.2, 0.25) is 5.02 Å². The van der Waals surface area contributed by atoms with Crippen molar-refractivity contribution in [2.75, 3.05) is 5.32 Å². The van der Waals surface area contributed by atoms with Gasteiger partial charge in [-0.1, -0.05) is 29.8 Å². The summed E-state index contributed by atoms with van der Waals surface area (Å²) >= 11 is 7.49. The molecule has 0 unspecified atom stereocenters. The Kier molecular flexibility index (Phi) is 7.13. The SMILES string of the molecule is CC(C)(Oc1ccc(Cl)cc1)C(=O)Nc1ccc(CC(=O)NCc2cccs2)cc1. The summed E-state index contributed by atoms with van der Waals surface area (Å²) in [7, 11) is 0. The summed E-state index contributed by atoms with van der Waals surface area (Å²) in [6, 6.07) is 18.0. The standard InChI is InChI=1S/C23H23ClN2O3S/c1-23(2,29-19-11-7-17(24)8-12-19)22(28)26-18-9-5-16(6-10-18)14-21(27)25-15-20-4-3-13-30-20/h3-13H,14-15H2,1-2H3,(H,25,27)(H,26,28).